The number of aryl methyl sites for hydroxylation is 1. The molecule has 0 atom stereocenters. The second-order valence-electron chi connectivity index (χ2n) is 5.35. The van der Waals surface area contributed by atoms with Crippen LogP contribution in [0.4, 0.5) is 5.69 Å². The lowest BCUT2D eigenvalue weighted by Gasteiger charge is -2.03. The number of benzene rings is 2. The Morgan fingerprint density at radius 1 is 1.12 bits per heavy atom. The van der Waals surface area contributed by atoms with Crippen LogP contribution in [0.3, 0.4) is 0 Å². The van der Waals surface area contributed by atoms with Gasteiger partial charge < -0.3 is 5.32 Å². The van der Waals surface area contributed by atoms with Gasteiger partial charge in [-0.15, -0.1) is 11.3 Å². The Kier molecular flexibility index (Phi) is 3.59. The number of hydrogen-bond acceptors (Lipinski definition) is 4. The van der Waals surface area contributed by atoms with Gasteiger partial charge in [0, 0.05) is 11.9 Å². The van der Waals surface area contributed by atoms with E-state index in [-0.39, 0.29) is 5.91 Å². The smallest absolute Gasteiger partial charge is 0.276 e. The zero-order chi connectivity index (χ0) is 16.5. The maximum Gasteiger partial charge on any atom is 0.276 e. The molecule has 0 aliphatic heterocycles. The van der Waals surface area contributed by atoms with Crippen molar-refractivity contribution in [3.8, 4) is 5.69 Å². The summed E-state index contributed by atoms with van der Waals surface area (Å²) in [4.78, 5) is 16.8. The average molecular weight is 334 g/mol. The standard InChI is InChI=1S/C18H14N4OS/c1-12-19-15-8-7-13(11-17(15)24-12)20-18(23)16-9-10-22(21-16)14-5-3-2-4-6-14/h2-11H,1H3,(H,20,23). The van der Waals surface area contributed by atoms with Gasteiger partial charge in [0.2, 0.25) is 0 Å². The fraction of sp³-hybridized carbons (Fsp3) is 0.0556. The van der Waals surface area contributed by atoms with Gasteiger partial charge in [0.25, 0.3) is 5.91 Å². The summed E-state index contributed by atoms with van der Waals surface area (Å²) in [5, 5.41) is 8.24. The number of fused-ring (bicyclic) bond motifs is 1. The molecule has 2 heterocycles. The fourth-order valence-corrected chi connectivity index (χ4v) is 3.35. The second kappa shape index (κ2) is 5.90. The van der Waals surface area contributed by atoms with E-state index in [0.717, 1.165) is 26.6 Å². The van der Waals surface area contributed by atoms with Gasteiger partial charge in [0.05, 0.1) is 20.9 Å². The highest BCUT2D eigenvalue weighted by atomic mass is 32.1. The van der Waals surface area contributed by atoms with Crippen molar-refractivity contribution in [2.24, 2.45) is 0 Å². The van der Waals surface area contributed by atoms with Crippen LogP contribution in [0.15, 0.2) is 60.8 Å². The van der Waals surface area contributed by atoms with E-state index in [4.69, 9.17) is 0 Å². The predicted octanol–water partition coefficient (Wildman–Crippen LogP) is 4.04. The van der Waals surface area contributed by atoms with Crippen molar-refractivity contribution < 1.29 is 4.79 Å². The molecule has 0 unspecified atom stereocenters. The Labute approximate surface area is 142 Å². The molecule has 0 spiro atoms. The highest BCUT2D eigenvalue weighted by Gasteiger charge is 2.11. The van der Waals surface area contributed by atoms with Gasteiger partial charge in [-0.1, -0.05) is 18.2 Å². The van der Waals surface area contributed by atoms with Gasteiger partial charge in [-0.05, 0) is 43.3 Å². The summed E-state index contributed by atoms with van der Waals surface area (Å²) in [6.45, 7) is 1.97. The number of nitrogens with one attached hydrogen (secondary N) is 1. The van der Waals surface area contributed by atoms with Crippen LogP contribution in [-0.4, -0.2) is 20.7 Å². The number of carbonyl (C=O) groups excluding carboxylic acids is 1. The topological polar surface area (TPSA) is 59.8 Å². The number of nitrogens with zero attached hydrogens (tertiary/aromatic N) is 3. The predicted molar refractivity (Wildman–Crippen MR) is 95.9 cm³/mol. The molecule has 5 nitrogen and oxygen atoms in total. The third-order valence-electron chi connectivity index (χ3n) is 3.60. The maximum absolute atomic E-state index is 12.4. The first-order chi connectivity index (χ1) is 11.7. The monoisotopic (exact) mass is 334 g/mol. The van der Waals surface area contributed by atoms with Gasteiger partial charge in [0.15, 0.2) is 5.69 Å². The zero-order valence-corrected chi connectivity index (χ0v) is 13.7. The molecule has 2 aromatic heterocycles. The fourth-order valence-electron chi connectivity index (χ4n) is 2.48. The summed E-state index contributed by atoms with van der Waals surface area (Å²) in [5.41, 5.74) is 2.98. The van der Waals surface area contributed by atoms with Crippen LogP contribution in [-0.2, 0) is 0 Å². The average Bonchev–Trinajstić information content (AvgIpc) is 3.21. The van der Waals surface area contributed by atoms with E-state index >= 15 is 0 Å². The van der Waals surface area contributed by atoms with E-state index in [2.05, 4.69) is 15.4 Å². The first-order valence-corrected chi connectivity index (χ1v) is 8.30. The molecule has 1 N–H and O–H groups in total. The lowest BCUT2D eigenvalue weighted by molar-refractivity contribution is 0.102. The molecule has 0 radical (unpaired) electrons. The summed E-state index contributed by atoms with van der Waals surface area (Å²) >= 11 is 1.61. The van der Waals surface area contributed by atoms with E-state index in [9.17, 15) is 4.79 Å². The van der Waals surface area contributed by atoms with E-state index < -0.39 is 0 Å². The number of amides is 1. The Balaban J connectivity index is 1.56. The molecule has 4 aromatic rings. The van der Waals surface area contributed by atoms with E-state index in [0.29, 0.717) is 5.69 Å². The molecule has 118 valence electrons. The normalized spacial score (nSPS) is 10.9. The molecular formula is C18H14N4OS. The van der Waals surface area contributed by atoms with Crippen molar-refractivity contribution in [3.05, 3.63) is 71.5 Å². The highest BCUT2D eigenvalue weighted by molar-refractivity contribution is 7.18. The third-order valence-corrected chi connectivity index (χ3v) is 4.53. The minimum atomic E-state index is -0.231. The summed E-state index contributed by atoms with van der Waals surface area (Å²) in [6.07, 6.45) is 1.78. The third kappa shape index (κ3) is 2.79. The molecule has 24 heavy (non-hydrogen) atoms. The molecule has 0 aliphatic carbocycles. The maximum atomic E-state index is 12.4. The summed E-state index contributed by atoms with van der Waals surface area (Å²) < 4.78 is 2.74. The Morgan fingerprint density at radius 2 is 1.96 bits per heavy atom. The zero-order valence-electron chi connectivity index (χ0n) is 12.9. The van der Waals surface area contributed by atoms with Gasteiger partial charge in [-0.3, -0.25) is 4.79 Å². The number of thiazole rings is 1. The van der Waals surface area contributed by atoms with Crippen LogP contribution in [0.25, 0.3) is 15.9 Å². The van der Waals surface area contributed by atoms with Crippen molar-refractivity contribution in [2.75, 3.05) is 5.32 Å². The molecule has 0 aliphatic rings. The molecule has 6 heteroatoms. The Bertz CT molecular complexity index is 1020. The number of aromatic nitrogens is 3. The lowest BCUT2D eigenvalue weighted by Crippen LogP contribution is -2.13. The Hall–Kier alpha value is -2.99. The first-order valence-electron chi connectivity index (χ1n) is 7.49. The number of carbonyl (C=O) groups is 1. The van der Waals surface area contributed by atoms with Crippen LogP contribution in [0.2, 0.25) is 0 Å². The van der Waals surface area contributed by atoms with Gasteiger partial charge in [-0.25, -0.2) is 9.67 Å². The number of rotatable bonds is 3. The molecule has 4 rings (SSSR count). The van der Waals surface area contributed by atoms with E-state index in [1.807, 2.05) is 55.5 Å². The van der Waals surface area contributed by atoms with Gasteiger partial charge >= 0.3 is 0 Å². The molecule has 0 fully saturated rings. The molecule has 0 saturated carbocycles. The second-order valence-corrected chi connectivity index (χ2v) is 6.59. The first kappa shape index (κ1) is 14.6. The summed E-state index contributed by atoms with van der Waals surface area (Å²) in [7, 11) is 0. The van der Waals surface area contributed by atoms with Crippen molar-refractivity contribution in [1.82, 2.24) is 14.8 Å². The van der Waals surface area contributed by atoms with Crippen molar-refractivity contribution >= 4 is 33.1 Å². The van der Waals surface area contributed by atoms with Crippen molar-refractivity contribution in [1.29, 1.82) is 0 Å². The van der Waals surface area contributed by atoms with Crippen molar-refractivity contribution in [3.63, 3.8) is 0 Å². The van der Waals surface area contributed by atoms with Crippen LogP contribution >= 0.6 is 11.3 Å². The van der Waals surface area contributed by atoms with Gasteiger partial charge in [-0.2, -0.15) is 5.10 Å². The summed E-state index contributed by atoms with van der Waals surface area (Å²) in [6, 6.07) is 17.1. The minimum absolute atomic E-state index is 0.231. The highest BCUT2D eigenvalue weighted by Crippen LogP contribution is 2.25. The molecular weight excluding hydrogens is 320 g/mol. The molecule has 2 aromatic carbocycles. The van der Waals surface area contributed by atoms with Crippen LogP contribution in [0.5, 0.6) is 0 Å². The van der Waals surface area contributed by atoms with Crippen molar-refractivity contribution in [2.45, 2.75) is 6.92 Å². The molecule has 1 amide bonds. The van der Waals surface area contributed by atoms with Crippen LogP contribution in [0, 0.1) is 6.92 Å². The van der Waals surface area contributed by atoms with Crippen LogP contribution < -0.4 is 5.32 Å². The Morgan fingerprint density at radius 3 is 2.79 bits per heavy atom. The number of hydrogen-bond donors (Lipinski definition) is 1. The van der Waals surface area contributed by atoms with E-state index in [1.54, 1.807) is 28.3 Å². The van der Waals surface area contributed by atoms with E-state index in [1.165, 1.54) is 0 Å². The SMILES string of the molecule is Cc1nc2ccc(NC(=O)c3ccn(-c4ccccc4)n3)cc2s1. The molecule has 0 bridgehead atoms. The quantitative estimate of drug-likeness (QED) is 0.615. The molecule has 0 saturated heterocycles. The largest absolute Gasteiger partial charge is 0.321 e. The number of para-hydroxylation sites is 1. The lowest BCUT2D eigenvalue weighted by atomic mass is 10.3. The minimum Gasteiger partial charge on any atom is -0.321 e. The van der Waals surface area contributed by atoms with Crippen LogP contribution in [0.1, 0.15) is 15.5 Å². The summed E-state index contributed by atoms with van der Waals surface area (Å²) in [5.74, 6) is -0.231. The number of anilines is 1. The van der Waals surface area contributed by atoms with Gasteiger partial charge in [0.1, 0.15) is 0 Å².